The molecule has 2 atom stereocenters. The third-order valence-corrected chi connectivity index (χ3v) is 7.49. The highest BCUT2D eigenvalue weighted by molar-refractivity contribution is 7.52. The maximum Gasteiger partial charge on any atom is 0.384 e. The van der Waals surface area contributed by atoms with Gasteiger partial charge in [-0.15, -0.1) is 0 Å². The smallest absolute Gasteiger partial charge is 0.384 e. The normalized spacial score (nSPS) is 14.0. The summed E-state index contributed by atoms with van der Waals surface area (Å²) in [6.07, 6.45) is 20.5. The lowest BCUT2D eigenvalue weighted by molar-refractivity contribution is -0.883. The zero-order chi connectivity index (χ0) is 24.9. The molecule has 0 radical (unpaired) electrons. The minimum Gasteiger partial charge on any atom is -0.394 e. The number of hydrogen-bond donors (Lipinski definition) is 4. The highest BCUT2D eigenvalue weighted by Crippen LogP contribution is 2.43. The van der Waals surface area contributed by atoms with Crippen LogP contribution in [0.3, 0.4) is 0 Å². The van der Waals surface area contributed by atoms with Crippen molar-refractivity contribution in [1.29, 1.82) is 0 Å². The Morgan fingerprint density at radius 3 is 1.31 bits per heavy atom. The fourth-order valence-corrected chi connectivity index (χ4v) is 4.77. The van der Waals surface area contributed by atoms with Gasteiger partial charge in [0.15, 0.2) is 0 Å². The summed E-state index contributed by atoms with van der Waals surface area (Å²) in [5, 5.41) is 17.7. The lowest BCUT2D eigenvalue weighted by Crippen LogP contribution is -2.46. The Morgan fingerprint density at radius 2 is 1.09 bits per heavy atom. The molecule has 0 bridgehead atoms. The predicted octanol–water partition coefficient (Wildman–Crippen LogP) is 5.05. The number of ether oxygens (including phenoxy) is 1. The number of aliphatic hydroxyl groups excluding tert-OH is 2. The molecule has 0 fully saturated rings. The fourth-order valence-electron chi connectivity index (χ4n) is 3.65. The van der Waals surface area contributed by atoms with Crippen LogP contribution in [0.15, 0.2) is 0 Å². The molecule has 0 saturated carbocycles. The molecule has 0 aromatic heterocycles. The summed E-state index contributed by atoms with van der Waals surface area (Å²) in [5.41, 5.74) is 0. The number of likely N-dealkylation sites (N-methyl/N-ethyl adjacent to an activating group) is 1. The molecule has 7 nitrogen and oxygen atoms in total. The van der Waals surface area contributed by atoms with Crippen molar-refractivity contribution in [3.8, 4) is 0 Å². The van der Waals surface area contributed by atoms with Crippen LogP contribution in [-0.2, 0) is 9.30 Å². The topological polar surface area (TPSA) is 107 Å². The van der Waals surface area contributed by atoms with E-state index < -0.39 is 20.0 Å². The van der Waals surface area contributed by atoms with E-state index in [-0.39, 0.29) is 17.2 Å². The first-order chi connectivity index (χ1) is 15.0. The maximum atomic E-state index is 10.7. The average molecular weight is 485 g/mol. The minimum atomic E-state index is -4.18. The Hall–Kier alpha value is -0.0100. The second-order valence-electron chi connectivity index (χ2n) is 9.79. The third-order valence-electron chi connectivity index (χ3n) is 5.86. The highest BCUT2D eigenvalue weighted by Gasteiger charge is 2.39. The molecule has 8 heteroatoms. The zero-order valence-electron chi connectivity index (χ0n) is 21.7. The van der Waals surface area contributed by atoms with Crippen LogP contribution >= 0.6 is 7.60 Å². The molecule has 2 unspecified atom stereocenters. The Morgan fingerprint density at radius 1 is 0.719 bits per heavy atom. The molecule has 0 aliphatic heterocycles. The van der Waals surface area contributed by atoms with E-state index in [2.05, 4.69) is 6.92 Å². The van der Waals surface area contributed by atoms with Crippen LogP contribution in [0.2, 0.25) is 0 Å². The average Bonchev–Trinajstić information content (AvgIpc) is 2.70. The molecule has 0 aromatic carbocycles. The number of hydrogen-bond acceptors (Lipinski definition) is 4. The van der Waals surface area contributed by atoms with Crippen LogP contribution in [0.4, 0.5) is 0 Å². The third kappa shape index (κ3) is 21.8. The zero-order valence-corrected chi connectivity index (χ0v) is 22.6. The summed E-state index contributed by atoms with van der Waals surface area (Å²) in [4.78, 5) is 17.5. The summed E-state index contributed by atoms with van der Waals surface area (Å²) in [6.45, 7) is 1.94. The van der Waals surface area contributed by atoms with Gasteiger partial charge in [-0.25, -0.2) is 0 Å². The van der Waals surface area contributed by atoms with Crippen molar-refractivity contribution in [3.63, 3.8) is 0 Å². The van der Waals surface area contributed by atoms with Crippen molar-refractivity contribution < 1.29 is 33.8 Å². The summed E-state index contributed by atoms with van der Waals surface area (Å²) in [7, 11) is 2.38. The van der Waals surface area contributed by atoms with Crippen molar-refractivity contribution >= 4 is 7.60 Å². The molecule has 0 saturated heterocycles. The van der Waals surface area contributed by atoms with E-state index in [1.165, 1.54) is 89.9 Å². The van der Waals surface area contributed by atoms with Crippen molar-refractivity contribution in [3.05, 3.63) is 0 Å². The number of nitrogens with zero attached hydrogens (tertiary/aromatic N) is 1. The van der Waals surface area contributed by atoms with Crippen molar-refractivity contribution in [2.45, 2.75) is 115 Å². The van der Waals surface area contributed by atoms with Gasteiger partial charge >= 0.3 is 7.60 Å². The molecule has 0 amide bonds. The first-order valence-electron chi connectivity index (χ1n) is 12.6. The SMILES string of the molecule is CCCCCCCCCCCCCCCCC(CO)OC.C[N+](C)(C)C(CO)P(=O)(O)O. The first kappa shape index (κ1) is 34.2. The van der Waals surface area contributed by atoms with Crippen molar-refractivity contribution in [2.24, 2.45) is 0 Å². The molecular formula is C24H55NO6P+. The summed E-state index contributed by atoms with van der Waals surface area (Å²) in [5.74, 6) is -1.03. The van der Waals surface area contributed by atoms with E-state index in [0.29, 0.717) is 0 Å². The first-order valence-corrected chi connectivity index (χ1v) is 14.3. The lowest BCUT2D eigenvalue weighted by Gasteiger charge is -2.32. The number of quaternary nitrogens is 1. The van der Waals surface area contributed by atoms with E-state index in [4.69, 9.17) is 24.7 Å². The van der Waals surface area contributed by atoms with Crippen LogP contribution in [0, 0.1) is 0 Å². The number of unbranched alkanes of at least 4 members (excludes halogenated alkanes) is 13. The van der Waals surface area contributed by atoms with E-state index in [1.807, 2.05) is 0 Å². The molecule has 4 N–H and O–H groups in total. The van der Waals surface area contributed by atoms with Gasteiger partial charge in [0.1, 0.15) is 6.61 Å². The number of aliphatic hydroxyl groups is 2. The van der Waals surface area contributed by atoms with Gasteiger partial charge in [0.25, 0.3) is 0 Å². The van der Waals surface area contributed by atoms with Crippen LogP contribution in [0.1, 0.15) is 103 Å². The van der Waals surface area contributed by atoms with E-state index in [9.17, 15) is 4.57 Å². The second-order valence-corrected chi connectivity index (χ2v) is 11.6. The Kier molecular flexibility index (Phi) is 23.0. The maximum absolute atomic E-state index is 10.7. The standard InChI is InChI=1S/C19H40O2.C5H14NO4P/c1-3-4-5-6-7-8-9-10-11-12-13-14-15-16-17-19(18-20)21-2;1-6(2,3)5(4-7)11(8,9)10/h19-20H,3-18H2,1-2H3;5,7H,4H2,1-3H3,(H-,8,9,10)/p+1. The molecule has 196 valence electrons. The summed E-state index contributed by atoms with van der Waals surface area (Å²) >= 11 is 0. The van der Waals surface area contributed by atoms with Crippen LogP contribution in [0.5, 0.6) is 0 Å². The molecule has 0 heterocycles. The molecule has 0 aromatic rings. The second kappa shape index (κ2) is 21.5. The van der Waals surface area contributed by atoms with Gasteiger partial charge in [0.05, 0.1) is 33.9 Å². The van der Waals surface area contributed by atoms with Gasteiger partial charge in [0, 0.05) is 7.11 Å². The van der Waals surface area contributed by atoms with Crippen molar-refractivity contribution in [2.75, 3.05) is 41.5 Å². The summed E-state index contributed by atoms with van der Waals surface area (Å²) < 4.78 is 15.9. The molecule has 32 heavy (non-hydrogen) atoms. The van der Waals surface area contributed by atoms with Gasteiger partial charge in [0.2, 0.25) is 5.78 Å². The predicted molar refractivity (Wildman–Crippen MR) is 134 cm³/mol. The summed E-state index contributed by atoms with van der Waals surface area (Å²) in [6, 6.07) is 0. The molecule has 0 rings (SSSR count). The number of rotatable bonds is 20. The van der Waals surface area contributed by atoms with Crippen LogP contribution in [0.25, 0.3) is 0 Å². The Bertz CT molecular complexity index is 435. The van der Waals surface area contributed by atoms with Gasteiger partial charge in [-0.3, -0.25) is 4.57 Å². The molecule has 0 aliphatic carbocycles. The molecule has 0 aliphatic rings. The van der Waals surface area contributed by atoms with E-state index in [1.54, 1.807) is 28.3 Å². The number of methoxy groups -OCH3 is 1. The quantitative estimate of drug-likeness (QED) is 0.109. The van der Waals surface area contributed by atoms with E-state index >= 15 is 0 Å². The van der Waals surface area contributed by atoms with Crippen LogP contribution in [-0.4, -0.2) is 77.8 Å². The molecule has 0 spiro atoms. The van der Waals surface area contributed by atoms with Crippen molar-refractivity contribution in [1.82, 2.24) is 0 Å². The van der Waals surface area contributed by atoms with E-state index in [0.717, 1.165) is 6.42 Å². The molecular weight excluding hydrogens is 429 g/mol. The largest absolute Gasteiger partial charge is 0.394 e. The van der Waals surface area contributed by atoms with Crippen LogP contribution < -0.4 is 0 Å². The van der Waals surface area contributed by atoms with Gasteiger partial charge in [-0.1, -0.05) is 96.8 Å². The minimum absolute atomic E-state index is 0.0563. The fraction of sp³-hybridized carbons (Fsp3) is 1.00. The Labute approximate surface area is 198 Å². The lowest BCUT2D eigenvalue weighted by atomic mass is 10.0. The van der Waals surface area contributed by atoms with Gasteiger partial charge in [-0.2, -0.15) is 0 Å². The van der Waals surface area contributed by atoms with Gasteiger partial charge in [-0.05, 0) is 6.42 Å². The highest BCUT2D eigenvalue weighted by atomic mass is 31.2. The monoisotopic (exact) mass is 484 g/mol. The van der Waals surface area contributed by atoms with Gasteiger partial charge < -0.3 is 29.2 Å². The Balaban J connectivity index is 0.